The number of pyridine rings is 1. The Labute approximate surface area is 173 Å². The number of anilines is 1. The molecule has 1 N–H and O–H groups in total. The lowest BCUT2D eigenvalue weighted by Crippen LogP contribution is -2.21. The summed E-state index contributed by atoms with van der Waals surface area (Å²) in [5.41, 5.74) is 0.909. The van der Waals surface area contributed by atoms with Gasteiger partial charge in [-0.25, -0.2) is 14.4 Å². The van der Waals surface area contributed by atoms with Gasteiger partial charge in [0, 0.05) is 6.20 Å². The molecular weight excluding hydrogens is 415 g/mol. The smallest absolute Gasteiger partial charge is 0.267 e. The fourth-order valence-corrected chi connectivity index (χ4v) is 4.09. The number of aryl methyl sites for hydroxylation is 1. The number of halogens is 2. The van der Waals surface area contributed by atoms with Gasteiger partial charge in [0.2, 0.25) is 0 Å². The van der Waals surface area contributed by atoms with Gasteiger partial charge in [-0.3, -0.25) is 14.2 Å². The van der Waals surface area contributed by atoms with Gasteiger partial charge in [0.05, 0.1) is 28.2 Å². The first kappa shape index (κ1) is 19.2. The van der Waals surface area contributed by atoms with Crippen molar-refractivity contribution >= 4 is 44.9 Å². The number of benzene rings is 1. The summed E-state index contributed by atoms with van der Waals surface area (Å²) in [6.45, 7) is 1.89. The zero-order valence-electron chi connectivity index (χ0n) is 15.1. The molecule has 0 radical (unpaired) electrons. The van der Waals surface area contributed by atoms with Crippen LogP contribution in [0.5, 0.6) is 0 Å². The molecule has 0 aliphatic carbocycles. The Kier molecular flexibility index (Phi) is 5.12. The molecule has 0 aliphatic heterocycles. The third-order valence-corrected chi connectivity index (χ3v) is 5.76. The predicted molar refractivity (Wildman–Crippen MR) is 111 cm³/mol. The fourth-order valence-electron chi connectivity index (χ4n) is 2.94. The lowest BCUT2D eigenvalue weighted by atomic mass is 10.2. The van der Waals surface area contributed by atoms with Gasteiger partial charge in [0.25, 0.3) is 11.5 Å². The molecule has 0 bridgehead atoms. The number of aromatic nitrogens is 3. The van der Waals surface area contributed by atoms with Gasteiger partial charge in [-0.1, -0.05) is 23.7 Å². The summed E-state index contributed by atoms with van der Waals surface area (Å²) < 4.78 is 14.8. The third kappa shape index (κ3) is 3.90. The van der Waals surface area contributed by atoms with Crippen molar-refractivity contribution in [1.82, 2.24) is 14.5 Å². The molecule has 0 fully saturated rings. The molecule has 0 aliphatic rings. The number of hydrogen-bond donors (Lipinski definition) is 1. The SMILES string of the molecule is Cc1c(C(=O)Nc2ccc(Cl)cn2)sc2ncn(Cc3cccc(F)c3)c(=O)c12. The van der Waals surface area contributed by atoms with Crippen molar-refractivity contribution in [2.24, 2.45) is 0 Å². The summed E-state index contributed by atoms with van der Waals surface area (Å²) in [6, 6.07) is 9.25. The number of rotatable bonds is 4. The lowest BCUT2D eigenvalue weighted by molar-refractivity contribution is 0.102. The van der Waals surface area contributed by atoms with Gasteiger partial charge < -0.3 is 5.32 Å². The van der Waals surface area contributed by atoms with Crippen molar-refractivity contribution in [2.75, 3.05) is 5.32 Å². The second-order valence-electron chi connectivity index (χ2n) is 6.36. The van der Waals surface area contributed by atoms with Crippen LogP contribution in [0.3, 0.4) is 0 Å². The Bertz CT molecular complexity index is 1280. The lowest BCUT2D eigenvalue weighted by Gasteiger charge is -2.06. The number of carbonyl (C=O) groups is 1. The Hall–Kier alpha value is -3.10. The Morgan fingerprint density at radius 3 is 2.83 bits per heavy atom. The molecule has 6 nitrogen and oxygen atoms in total. The average Bonchev–Trinajstić information content (AvgIpc) is 3.03. The molecule has 1 aromatic carbocycles. The van der Waals surface area contributed by atoms with Crippen LogP contribution in [0.1, 0.15) is 20.8 Å². The van der Waals surface area contributed by atoms with E-state index in [1.807, 2.05) is 0 Å². The highest BCUT2D eigenvalue weighted by Crippen LogP contribution is 2.27. The van der Waals surface area contributed by atoms with E-state index >= 15 is 0 Å². The molecule has 9 heteroatoms. The molecule has 0 saturated heterocycles. The predicted octanol–water partition coefficient (Wildman–Crippen LogP) is 4.25. The second-order valence-corrected chi connectivity index (χ2v) is 7.80. The van der Waals surface area contributed by atoms with Crippen LogP contribution < -0.4 is 10.9 Å². The van der Waals surface area contributed by atoms with Crippen molar-refractivity contribution in [3.8, 4) is 0 Å². The Morgan fingerprint density at radius 1 is 1.28 bits per heavy atom. The number of carbonyl (C=O) groups excluding carboxylic acids is 1. The first-order valence-corrected chi connectivity index (χ1v) is 9.77. The monoisotopic (exact) mass is 428 g/mol. The summed E-state index contributed by atoms with van der Waals surface area (Å²) in [4.78, 5) is 34.8. The molecule has 0 spiro atoms. The van der Waals surface area contributed by atoms with Gasteiger partial charge >= 0.3 is 0 Å². The molecule has 3 heterocycles. The molecule has 29 heavy (non-hydrogen) atoms. The molecule has 4 rings (SSSR count). The number of fused-ring (bicyclic) bond motifs is 1. The summed E-state index contributed by atoms with van der Waals surface area (Å²) in [5, 5.41) is 3.53. The van der Waals surface area contributed by atoms with Crippen LogP contribution in [0.4, 0.5) is 10.2 Å². The van der Waals surface area contributed by atoms with E-state index in [0.717, 1.165) is 11.3 Å². The highest BCUT2D eigenvalue weighted by Gasteiger charge is 2.20. The zero-order valence-corrected chi connectivity index (χ0v) is 16.7. The van der Waals surface area contributed by atoms with Crippen LogP contribution >= 0.6 is 22.9 Å². The maximum Gasteiger partial charge on any atom is 0.267 e. The molecule has 0 unspecified atom stereocenters. The average molecular weight is 429 g/mol. The van der Waals surface area contributed by atoms with Gasteiger partial charge in [-0.05, 0) is 42.3 Å². The number of nitrogens with one attached hydrogen (secondary N) is 1. The van der Waals surface area contributed by atoms with E-state index < -0.39 is 0 Å². The van der Waals surface area contributed by atoms with Crippen LogP contribution in [-0.2, 0) is 6.54 Å². The first-order valence-electron chi connectivity index (χ1n) is 8.58. The standard InChI is InChI=1S/C20H14ClFN4O2S/c1-11-16-19(29-17(11)18(27)25-15-6-5-13(21)8-23-15)24-10-26(20(16)28)9-12-3-2-4-14(22)7-12/h2-8,10H,9H2,1H3,(H,23,25,27). The van der Waals surface area contributed by atoms with Crippen molar-refractivity contribution in [2.45, 2.75) is 13.5 Å². The van der Waals surface area contributed by atoms with E-state index in [4.69, 9.17) is 11.6 Å². The van der Waals surface area contributed by atoms with Crippen LogP contribution in [0.25, 0.3) is 10.2 Å². The van der Waals surface area contributed by atoms with E-state index in [-0.39, 0.29) is 23.8 Å². The number of thiophene rings is 1. The molecular formula is C20H14ClFN4O2S. The minimum Gasteiger partial charge on any atom is -0.306 e. The molecule has 146 valence electrons. The first-order chi connectivity index (χ1) is 13.9. The number of amides is 1. The zero-order chi connectivity index (χ0) is 20.5. The van der Waals surface area contributed by atoms with E-state index in [2.05, 4.69) is 15.3 Å². The molecule has 3 aromatic heterocycles. The summed E-state index contributed by atoms with van der Waals surface area (Å²) in [6.07, 6.45) is 2.84. The maximum atomic E-state index is 13.4. The summed E-state index contributed by atoms with van der Waals surface area (Å²) >= 11 is 6.94. The Morgan fingerprint density at radius 2 is 2.10 bits per heavy atom. The van der Waals surface area contributed by atoms with E-state index in [0.29, 0.717) is 37.1 Å². The maximum absolute atomic E-state index is 13.4. The van der Waals surface area contributed by atoms with Gasteiger partial charge in [0.1, 0.15) is 16.5 Å². The highest BCUT2D eigenvalue weighted by molar-refractivity contribution is 7.20. The van der Waals surface area contributed by atoms with Gasteiger partial charge in [-0.2, -0.15) is 0 Å². The minimum absolute atomic E-state index is 0.186. The molecule has 1 amide bonds. The normalized spacial score (nSPS) is 11.0. The molecule has 4 aromatic rings. The minimum atomic E-state index is -0.378. The van der Waals surface area contributed by atoms with Gasteiger partial charge in [0.15, 0.2) is 0 Å². The quantitative estimate of drug-likeness (QED) is 0.527. The molecule has 0 atom stereocenters. The Balaban J connectivity index is 1.68. The highest BCUT2D eigenvalue weighted by atomic mass is 35.5. The van der Waals surface area contributed by atoms with Crippen molar-refractivity contribution < 1.29 is 9.18 Å². The van der Waals surface area contributed by atoms with Crippen LogP contribution in [0.15, 0.2) is 53.7 Å². The van der Waals surface area contributed by atoms with E-state index in [1.165, 1.54) is 29.2 Å². The molecule has 0 saturated carbocycles. The summed E-state index contributed by atoms with van der Waals surface area (Å²) in [7, 11) is 0. The fraction of sp³-hybridized carbons (Fsp3) is 0.100. The topological polar surface area (TPSA) is 76.9 Å². The summed E-state index contributed by atoms with van der Waals surface area (Å²) in [5.74, 6) is -0.393. The van der Waals surface area contributed by atoms with Gasteiger partial charge in [-0.15, -0.1) is 11.3 Å². The third-order valence-electron chi connectivity index (χ3n) is 4.33. The van der Waals surface area contributed by atoms with Crippen molar-refractivity contribution in [1.29, 1.82) is 0 Å². The van der Waals surface area contributed by atoms with E-state index in [9.17, 15) is 14.0 Å². The largest absolute Gasteiger partial charge is 0.306 e. The van der Waals surface area contributed by atoms with Crippen molar-refractivity contribution in [3.63, 3.8) is 0 Å². The van der Waals surface area contributed by atoms with Crippen LogP contribution in [-0.4, -0.2) is 20.4 Å². The van der Waals surface area contributed by atoms with Crippen molar-refractivity contribution in [3.05, 3.63) is 86.1 Å². The van der Waals surface area contributed by atoms with Crippen LogP contribution in [0.2, 0.25) is 5.02 Å². The van der Waals surface area contributed by atoms with E-state index in [1.54, 1.807) is 31.2 Å². The number of hydrogen-bond acceptors (Lipinski definition) is 5. The van der Waals surface area contributed by atoms with Crippen LogP contribution in [0, 0.1) is 12.7 Å². The second kappa shape index (κ2) is 7.73. The number of nitrogens with zero attached hydrogens (tertiary/aromatic N) is 3.